The molecular weight excluding hydrogens is 226 g/mol. The molecule has 3 nitrogen and oxygen atoms in total. The summed E-state index contributed by atoms with van der Waals surface area (Å²) in [6.45, 7) is 6.12. The minimum atomic E-state index is -0.238. The van der Waals surface area contributed by atoms with Crippen LogP contribution in [0.25, 0.3) is 0 Å². The van der Waals surface area contributed by atoms with Crippen molar-refractivity contribution in [2.75, 3.05) is 6.61 Å². The summed E-state index contributed by atoms with van der Waals surface area (Å²) in [5, 5.41) is 0. The number of nitrogens with zero attached hydrogens (tertiary/aromatic N) is 1. The Morgan fingerprint density at radius 3 is 2.56 bits per heavy atom. The third kappa shape index (κ3) is 5.13. The molecule has 18 heavy (non-hydrogen) atoms. The van der Waals surface area contributed by atoms with Crippen LogP contribution in [0.3, 0.4) is 0 Å². The maximum atomic E-state index is 10.8. The number of ether oxygens (including phenoxy) is 1. The molecule has 0 fully saturated rings. The Bertz CT molecular complexity index is 398. The van der Waals surface area contributed by atoms with Crippen molar-refractivity contribution in [1.29, 1.82) is 0 Å². The molecule has 0 saturated heterocycles. The summed E-state index contributed by atoms with van der Waals surface area (Å²) in [4.78, 5) is 15.4. The van der Waals surface area contributed by atoms with Crippen LogP contribution in [-0.2, 0) is 9.53 Å². The summed E-state index contributed by atoms with van der Waals surface area (Å²) in [7, 11) is 0. The molecule has 98 valence electrons. The summed E-state index contributed by atoms with van der Waals surface area (Å²) >= 11 is 0. The molecule has 0 saturated carbocycles. The standard InChI is InChI=1S/C15H21NO2/c1-4-12(2)15(10-11-18-13(3)17)16-14-8-6-5-7-9-14/h5-9,12H,4,10-11H2,1-3H3. The molecule has 1 rings (SSSR count). The molecule has 0 amide bonds. The second-order valence-corrected chi connectivity index (χ2v) is 4.34. The first kappa shape index (κ1) is 14.4. The molecule has 1 aromatic carbocycles. The second kappa shape index (κ2) is 7.64. The van der Waals surface area contributed by atoms with Gasteiger partial charge < -0.3 is 4.74 Å². The number of aliphatic imine (C=N–C) groups is 1. The van der Waals surface area contributed by atoms with Crippen molar-refractivity contribution in [3.05, 3.63) is 30.3 Å². The van der Waals surface area contributed by atoms with Gasteiger partial charge in [-0.05, 0) is 24.5 Å². The largest absolute Gasteiger partial charge is 0.465 e. The van der Waals surface area contributed by atoms with Gasteiger partial charge in [-0.3, -0.25) is 9.79 Å². The van der Waals surface area contributed by atoms with Gasteiger partial charge in [-0.1, -0.05) is 32.0 Å². The van der Waals surface area contributed by atoms with E-state index < -0.39 is 0 Å². The minimum Gasteiger partial charge on any atom is -0.465 e. The molecule has 3 heteroatoms. The summed E-state index contributed by atoms with van der Waals surface area (Å²) in [5.41, 5.74) is 2.04. The van der Waals surface area contributed by atoms with Gasteiger partial charge in [0.2, 0.25) is 0 Å². The van der Waals surface area contributed by atoms with Crippen LogP contribution < -0.4 is 0 Å². The molecule has 0 bridgehead atoms. The lowest BCUT2D eigenvalue weighted by Gasteiger charge is -2.13. The number of benzene rings is 1. The Morgan fingerprint density at radius 1 is 1.33 bits per heavy atom. The molecule has 1 atom stereocenters. The van der Waals surface area contributed by atoms with Gasteiger partial charge in [0.25, 0.3) is 0 Å². The van der Waals surface area contributed by atoms with E-state index in [1.807, 2.05) is 30.3 Å². The van der Waals surface area contributed by atoms with Gasteiger partial charge in [0, 0.05) is 19.1 Å². The van der Waals surface area contributed by atoms with Crippen molar-refractivity contribution in [3.8, 4) is 0 Å². The number of carbonyl (C=O) groups excluding carboxylic acids is 1. The van der Waals surface area contributed by atoms with Crippen molar-refractivity contribution < 1.29 is 9.53 Å². The highest BCUT2D eigenvalue weighted by atomic mass is 16.5. The SMILES string of the molecule is CCC(C)C(CCOC(C)=O)=Nc1ccccc1. The summed E-state index contributed by atoms with van der Waals surface area (Å²) in [6.07, 6.45) is 1.73. The van der Waals surface area contributed by atoms with E-state index in [4.69, 9.17) is 4.74 Å². The molecule has 0 aliphatic heterocycles. The first-order chi connectivity index (χ1) is 8.63. The average Bonchev–Trinajstić information content (AvgIpc) is 2.37. The quantitative estimate of drug-likeness (QED) is 0.567. The summed E-state index contributed by atoms with van der Waals surface area (Å²) in [5.74, 6) is 0.166. The van der Waals surface area contributed by atoms with E-state index in [1.54, 1.807) is 0 Å². The van der Waals surface area contributed by atoms with Crippen molar-refractivity contribution in [2.24, 2.45) is 10.9 Å². The van der Waals surface area contributed by atoms with Crippen molar-refractivity contribution in [2.45, 2.75) is 33.6 Å². The Morgan fingerprint density at radius 2 is 2.00 bits per heavy atom. The van der Waals surface area contributed by atoms with Crippen LogP contribution in [0, 0.1) is 5.92 Å². The highest BCUT2D eigenvalue weighted by molar-refractivity contribution is 5.89. The zero-order valence-corrected chi connectivity index (χ0v) is 11.3. The smallest absolute Gasteiger partial charge is 0.302 e. The van der Waals surface area contributed by atoms with E-state index in [9.17, 15) is 4.79 Å². The fraction of sp³-hybridized carbons (Fsp3) is 0.467. The number of hydrogen-bond acceptors (Lipinski definition) is 3. The minimum absolute atomic E-state index is 0.238. The number of hydrogen-bond donors (Lipinski definition) is 0. The third-order valence-corrected chi connectivity index (χ3v) is 2.87. The van der Waals surface area contributed by atoms with Crippen LogP contribution >= 0.6 is 0 Å². The van der Waals surface area contributed by atoms with E-state index in [1.165, 1.54) is 6.92 Å². The first-order valence-corrected chi connectivity index (χ1v) is 6.39. The van der Waals surface area contributed by atoms with E-state index in [2.05, 4.69) is 18.8 Å². The Balaban J connectivity index is 2.72. The van der Waals surface area contributed by atoms with E-state index >= 15 is 0 Å². The molecular formula is C15H21NO2. The van der Waals surface area contributed by atoms with Gasteiger partial charge in [-0.2, -0.15) is 0 Å². The number of rotatable bonds is 6. The van der Waals surface area contributed by atoms with Gasteiger partial charge in [0.15, 0.2) is 0 Å². The number of para-hydroxylation sites is 1. The molecule has 0 N–H and O–H groups in total. The predicted molar refractivity (Wildman–Crippen MR) is 74.2 cm³/mol. The fourth-order valence-corrected chi connectivity index (χ4v) is 1.62. The molecule has 1 aromatic rings. The molecule has 0 aromatic heterocycles. The van der Waals surface area contributed by atoms with E-state index in [-0.39, 0.29) is 5.97 Å². The molecule has 0 spiro atoms. The van der Waals surface area contributed by atoms with Crippen LogP contribution in [0.15, 0.2) is 35.3 Å². The van der Waals surface area contributed by atoms with Crippen molar-refractivity contribution >= 4 is 17.4 Å². The third-order valence-electron chi connectivity index (χ3n) is 2.87. The van der Waals surface area contributed by atoms with Gasteiger partial charge in [0.05, 0.1) is 12.3 Å². The lowest BCUT2D eigenvalue weighted by Crippen LogP contribution is -2.14. The van der Waals surface area contributed by atoms with Gasteiger partial charge in [-0.15, -0.1) is 0 Å². The average molecular weight is 247 g/mol. The molecule has 0 aliphatic carbocycles. The van der Waals surface area contributed by atoms with Crippen LogP contribution in [0.1, 0.15) is 33.6 Å². The summed E-state index contributed by atoms with van der Waals surface area (Å²) < 4.78 is 4.98. The van der Waals surface area contributed by atoms with E-state index in [0.717, 1.165) is 17.8 Å². The Kier molecular flexibility index (Phi) is 6.12. The maximum Gasteiger partial charge on any atom is 0.302 e. The zero-order valence-electron chi connectivity index (χ0n) is 11.3. The van der Waals surface area contributed by atoms with E-state index in [0.29, 0.717) is 18.9 Å². The number of carbonyl (C=O) groups is 1. The summed E-state index contributed by atoms with van der Waals surface area (Å²) in [6, 6.07) is 9.88. The van der Waals surface area contributed by atoms with Crippen LogP contribution in [-0.4, -0.2) is 18.3 Å². The molecule has 0 aliphatic rings. The molecule has 0 radical (unpaired) electrons. The maximum absolute atomic E-state index is 10.8. The highest BCUT2D eigenvalue weighted by Crippen LogP contribution is 2.16. The lowest BCUT2D eigenvalue weighted by molar-refractivity contribution is -0.140. The monoisotopic (exact) mass is 247 g/mol. The van der Waals surface area contributed by atoms with Crippen molar-refractivity contribution in [3.63, 3.8) is 0 Å². The van der Waals surface area contributed by atoms with Crippen LogP contribution in [0.4, 0.5) is 5.69 Å². The Labute approximate surface area is 109 Å². The van der Waals surface area contributed by atoms with Gasteiger partial charge >= 0.3 is 5.97 Å². The lowest BCUT2D eigenvalue weighted by atomic mass is 10.00. The second-order valence-electron chi connectivity index (χ2n) is 4.34. The molecule has 0 heterocycles. The highest BCUT2D eigenvalue weighted by Gasteiger charge is 2.09. The fourth-order valence-electron chi connectivity index (χ4n) is 1.62. The zero-order chi connectivity index (χ0) is 13.4. The van der Waals surface area contributed by atoms with Gasteiger partial charge in [-0.25, -0.2) is 0 Å². The van der Waals surface area contributed by atoms with Gasteiger partial charge in [0.1, 0.15) is 0 Å². The normalized spacial score (nSPS) is 13.2. The molecule has 1 unspecified atom stereocenters. The predicted octanol–water partition coefficient (Wildman–Crippen LogP) is 3.76. The Hall–Kier alpha value is -1.64. The first-order valence-electron chi connectivity index (χ1n) is 6.39. The topological polar surface area (TPSA) is 38.7 Å². The number of esters is 1. The van der Waals surface area contributed by atoms with Crippen LogP contribution in [0.5, 0.6) is 0 Å². The van der Waals surface area contributed by atoms with Crippen LogP contribution in [0.2, 0.25) is 0 Å². The van der Waals surface area contributed by atoms with Crippen molar-refractivity contribution in [1.82, 2.24) is 0 Å².